The summed E-state index contributed by atoms with van der Waals surface area (Å²) in [5.41, 5.74) is 0.750. The van der Waals surface area contributed by atoms with Gasteiger partial charge in [0.1, 0.15) is 16.8 Å². The minimum atomic E-state index is -3.90. The first kappa shape index (κ1) is 23.9. The van der Waals surface area contributed by atoms with Crippen LogP contribution in [0.5, 0.6) is 0 Å². The second-order valence-corrected chi connectivity index (χ2v) is 10.8. The molecule has 3 rings (SSSR count). The van der Waals surface area contributed by atoms with Crippen LogP contribution in [0.4, 0.5) is 5.82 Å². The van der Waals surface area contributed by atoms with Crippen molar-refractivity contribution in [3.05, 3.63) is 17.8 Å². The number of hydrogen-bond donors (Lipinski definition) is 2. The van der Waals surface area contributed by atoms with Crippen LogP contribution in [0.25, 0.3) is 0 Å². The molecule has 0 radical (unpaired) electrons. The molecule has 8 nitrogen and oxygen atoms in total. The second kappa shape index (κ2) is 9.83. The van der Waals surface area contributed by atoms with Gasteiger partial charge >= 0.3 is 0 Å². The minimum Gasteiger partial charge on any atom is -0.393 e. The molecule has 9 heteroatoms. The quantitative estimate of drug-likeness (QED) is 0.657. The van der Waals surface area contributed by atoms with Gasteiger partial charge in [-0.3, -0.25) is 4.79 Å². The molecular formula is C22H36N4O4S. The number of nitrogens with one attached hydrogen (secondary N) is 1. The molecule has 1 aromatic heterocycles. The van der Waals surface area contributed by atoms with Gasteiger partial charge in [-0.15, -0.1) is 0 Å². The maximum absolute atomic E-state index is 13.7. The third-order valence-electron chi connectivity index (χ3n) is 6.30. The van der Waals surface area contributed by atoms with E-state index in [4.69, 9.17) is 0 Å². The fourth-order valence-electron chi connectivity index (χ4n) is 4.71. The Balaban J connectivity index is 1.88. The molecule has 2 N–H and O–H groups in total. The van der Waals surface area contributed by atoms with Crippen LogP contribution in [0.15, 0.2) is 17.0 Å². The van der Waals surface area contributed by atoms with Crippen molar-refractivity contribution in [2.45, 2.75) is 95.3 Å². The van der Waals surface area contributed by atoms with E-state index >= 15 is 0 Å². The summed E-state index contributed by atoms with van der Waals surface area (Å²) in [7, 11) is -3.90. The van der Waals surface area contributed by atoms with E-state index in [0.717, 1.165) is 25.0 Å². The van der Waals surface area contributed by atoms with Crippen molar-refractivity contribution in [3.63, 3.8) is 0 Å². The Morgan fingerprint density at radius 1 is 1.29 bits per heavy atom. The predicted octanol–water partition coefficient (Wildman–Crippen LogP) is 2.20. The van der Waals surface area contributed by atoms with Crippen molar-refractivity contribution in [2.24, 2.45) is 0 Å². The van der Waals surface area contributed by atoms with E-state index in [2.05, 4.69) is 10.3 Å². The van der Waals surface area contributed by atoms with Crippen molar-refractivity contribution in [2.75, 3.05) is 18.0 Å². The highest BCUT2D eigenvalue weighted by Crippen LogP contribution is 2.32. The molecule has 2 aliphatic rings. The van der Waals surface area contributed by atoms with Gasteiger partial charge in [0.15, 0.2) is 0 Å². The van der Waals surface area contributed by atoms with Gasteiger partial charge in [0, 0.05) is 30.9 Å². The summed E-state index contributed by atoms with van der Waals surface area (Å²) in [4.78, 5) is 19.7. The molecule has 1 amide bonds. The highest BCUT2D eigenvalue weighted by atomic mass is 32.2. The highest BCUT2D eigenvalue weighted by Gasteiger charge is 2.42. The zero-order valence-electron chi connectivity index (χ0n) is 19.0. The van der Waals surface area contributed by atoms with Crippen molar-refractivity contribution in [1.82, 2.24) is 14.6 Å². The lowest BCUT2D eigenvalue weighted by molar-refractivity contribution is -0.125. The normalized spacial score (nSPS) is 25.0. The highest BCUT2D eigenvalue weighted by molar-refractivity contribution is 7.89. The molecule has 1 aliphatic heterocycles. The third-order valence-corrected chi connectivity index (χ3v) is 8.23. The number of aryl methyl sites for hydroxylation is 1. The van der Waals surface area contributed by atoms with Crippen molar-refractivity contribution in [3.8, 4) is 0 Å². The second-order valence-electron chi connectivity index (χ2n) is 8.95. The maximum Gasteiger partial charge on any atom is 0.247 e. The van der Waals surface area contributed by atoms with Crippen LogP contribution in [0.3, 0.4) is 0 Å². The van der Waals surface area contributed by atoms with E-state index in [9.17, 15) is 18.3 Å². The van der Waals surface area contributed by atoms with E-state index < -0.39 is 22.2 Å². The maximum atomic E-state index is 13.7. The topological polar surface area (TPSA) is 103 Å². The van der Waals surface area contributed by atoms with Crippen LogP contribution in [0.2, 0.25) is 0 Å². The van der Waals surface area contributed by atoms with Gasteiger partial charge in [0.05, 0.1) is 6.10 Å². The average molecular weight is 453 g/mol. The van der Waals surface area contributed by atoms with Crippen molar-refractivity contribution in [1.29, 1.82) is 0 Å². The molecule has 1 saturated heterocycles. The van der Waals surface area contributed by atoms with Crippen LogP contribution >= 0.6 is 0 Å². The third kappa shape index (κ3) is 5.21. The molecule has 0 aromatic carbocycles. The van der Waals surface area contributed by atoms with Crippen LogP contribution < -0.4 is 10.2 Å². The number of carbonyl (C=O) groups is 1. The first-order valence-electron chi connectivity index (χ1n) is 11.4. The molecule has 1 aliphatic carbocycles. The van der Waals surface area contributed by atoms with E-state index in [0.29, 0.717) is 38.2 Å². The van der Waals surface area contributed by atoms with Gasteiger partial charge in [0.2, 0.25) is 15.9 Å². The van der Waals surface area contributed by atoms with Gasteiger partial charge in [0.25, 0.3) is 0 Å². The number of hydrogen-bond acceptors (Lipinski definition) is 6. The summed E-state index contributed by atoms with van der Waals surface area (Å²) >= 11 is 0. The number of carbonyl (C=O) groups excluding carboxylic acids is 1. The van der Waals surface area contributed by atoms with Crippen molar-refractivity contribution < 1.29 is 18.3 Å². The fraction of sp³-hybridized carbons (Fsp3) is 0.727. The molecule has 0 bridgehead atoms. The van der Waals surface area contributed by atoms with Gasteiger partial charge in [-0.1, -0.05) is 0 Å². The fourth-order valence-corrected chi connectivity index (χ4v) is 6.50. The number of aliphatic hydroxyl groups excluding tert-OH is 1. The van der Waals surface area contributed by atoms with Gasteiger partial charge in [-0.25, -0.2) is 13.4 Å². The summed E-state index contributed by atoms with van der Waals surface area (Å²) in [6.07, 6.45) is 3.69. The van der Waals surface area contributed by atoms with Gasteiger partial charge in [-0.2, -0.15) is 4.31 Å². The summed E-state index contributed by atoms with van der Waals surface area (Å²) in [6.45, 7) is 8.78. The lowest BCUT2D eigenvalue weighted by Gasteiger charge is -2.32. The Bertz CT molecular complexity index is 889. The predicted molar refractivity (Wildman–Crippen MR) is 120 cm³/mol. The molecule has 1 saturated carbocycles. The van der Waals surface area contributed by atoms with E-state index in [1.807, 2.05) is 32.6 Å². The standard InChI is InChI=1S/C22H36N4O4S/c1-5-25(15(2)3)21-20(12-11-16(4)23-21)31(29,30)26-13-7-10-19(26)22(28)24-17-8-6-9-18(27)14-17/h11-12,15,17-19,27H,5-10,13-14H2,1-4H3,(H,24,28)/t17-,18-,19+/m1/s1. The molecule has 174 valence electrons. The van der Waals surface area contributed by atoms with Gasteiger partial charge in [-0.05, 0) is 78.4 Å². The van der Waals surface area contributed by atoms with Crippen LogP contribution in [0, 0.1) is 6.92 Å². The smallest absolute Gasteiger partial charge is 0.247 e. The number of sulfonamides is 1. The molecule has 2 heterocycles. The lowest BCUT2D eigenvalue weighted by atomic mass is 9.93. The lowest BCUT2D eigenvalue weighted by Crippen LogP contribution is -2.50. The molecule has 0 unspecified atom stereocenters. The van der Waals surface area contributed by atoms with Crippen molar-refractivity contribution >= 4 is 21.7 Å². The number of aromatic nitrogens is 1. The zero-order chi connectivity index (χ0) is 22.8. The molecule has 1 aromatic rings. The van der Waals surface area contributed by atoms with Crippen LogP contribution in [-0.2, 0) is 14.8 Å². The Morgan fingerprint density at radius 3 is 2.68 bits per heavy atom. The number of amides is 1. The van der Waals surface area contributed by atoms with E-state index in [1.165, 1.54) is 4.31 Å². The summed E-state index contributed by atoms with van der Waals surface area (Å²) in [6, 6.07) is 2.58. The Morgan fingerprint density at radius 2 is 2.03 bits per heavy atom. The number of nitrogens with zero attached hydrogens (tertiary/aromatic N) is 3. The largest absolute Gasteiger partial charge is 0.393 e. The Labute approximate surface area is 186 Å². The molecule has 3 atom stereocenters. The molecule has 31 heavy (non-hydrogen) atoms. The van der Waals surface area contributed by atoms with Crippen LogP contribution in [0.1, 0.15) is 65.0 Å². The SMILES string of the molecule is CCN(c1nc(C)ccc1S(=O)(=O)N1CCC[C@H]1C(=O)N[C@@H]1CCC[C@@H](O)C1)C(C)C. The van der Waals surface area contributed by atoms with Gasteiger partial charge < -0.3 is 15.3 Å². The number of pyridine rings is 1. The number of anilines is 1. The number of aliphatic hydroxyl groups is 1. The average Bonchev–Trinajstić information content (AvgIpc) is 3.19. The summed E-state index contributed by atoms with van der Waals surface area (Å²) in [5, 5.41) is 12.9. The monoisotopic (exact) mass is 452 g/mol. The minimum absolute atomic E-state index is 0.0867. The summed E-state index contributed by atoms with van der Waals surface area (Å²) < 4.78 is 28.8. The molecule has 0 spiro atoms. The van der Waals surface area contributed by atoms with E-state index in [-0.39, 0.29) is 22.9 Å². The molecule has 2 fully saturated rings. The van der Waals surface area contributed by atoms with E-state index in [1.54, 1.807) is 12.1 Å². The molecular weight excluding hydrogens is 416 g/mol. The summed E-state index contributed by atoms with van der Waals surface area (Å²) in [5.74, 6) is 0.178. The first-order valence-corrected chi connectivity index (χ1v) is 12.8. The Kier molecular flexibility index (Phi) is 7.59. The Hall–Kier alpha value is -1.71. The zero-order valence-corrected chi connectivity index (χ0v) is 19.9. The number of rotatable bonds is 7. The van der Waals surface area contributed by atoms with Crippen LogP contribution in [-0.4, -0.2) is 66.0 Å². The first-order chi connectivity index (χ1) is 14.6.